The van der Waals surface area contributed by atoms with Crippen LogP contribution in [-0.4, -0.2) is 31.2 Å². The highest BCUT2D eigenvalue weighted by Gasteiger charge is 2.06. The number of pyridine rings is 1. The number of methoxy groups -OCH3 is 1. The van der Waals surface area contributed by atoms with E-state index in [1.54, 1.807) is 25.3 Å². The number of ether oxygens (including phenoxy) is 1. The zero-order valence-electron chi connectivity index (χ0n) is 9.06. The van der Waals surface area contributed by atoms with Gasteiger partial charge >= 0.3 is 0 Å². The fourth-order valence-corrected chi connectivity index (χ4v) is 1.13. The molecule has 0 radical (unpaired) electrons. The van der Waals surface area contributed by atoms with Crippen molar-refractivity contribution in [1.82, 2.24) is 10.3 Å². The van der Waals surface area contributed by atoms with Gasteiger partial charge in [0.2, 0.25) is 0 Å². The smallest absolute Gasteiger partial charge is 0.269 e. The fraction of sp³-hybridized carbons (Fsp3) is 0.364. The number of rotatable bonds is 5. The van der Waals surface area contributed by atoms with Gasteiger partial charge in [0.15, 0.2) is 0 Å². The summed E-state index contributed by atoms with van der Waals surface area (Å²) in [5, 5.41) is 11.3. The second-order valence-corrected chi connectivity index (χ2v) is 3.12. The lowest BCUT2D eigenvalue weighted by molar-refractivity contribution is 0.0943. The summed E-state index contributed by atoms with van der Waals surface area (Å²) in [6, 6.07) is 6.66. The van der Waals surface area contributed by atoms with Crippen molar-refractivity contribution in [2.24, 2.45) is 0 Å². The highest BCUT2D eigenvalue weighted by molar-refractivity contribution is 5.92. The maximum Gasteiger partial charge on any atom is 0.269 e. The van der Waals surface area contributed by atoms with Crippen LogP contribution in [0.25, 0.3) is 0 Å². The molecule has 1 aromatic rings. The predicted molar refractivity (Wildman–Crippen MR) is 57.8 cm³/mol. The van der Waals surface area contributed by atoms with E-state index in [4.69, 9.17) is 10.00 Å². The first kappa shape index (κ1) is 12.1. The van der Waals surface area contributed by atoms with E-state index in [9.17, 15) is 4.79 Å². The van der Waals surface area contributed by atoms with Crippen LogP contribution in [-0.2, 0) is 4.74 Å². The molecular weight excluding hydrogens is 206 g/mol. The molecule has 0 saturated heterocycles. The van der Waals surface area contributed by atoms with Crippen LogP contribution in [0, 0.1) is 11.3 Å². The molecule has 0 bridgehead atoms. The summed E-state index contributed by atoms with van der Waals surface area (Å²) in [7, 11) is 1.61. The van der Waals surface area contributed by atoms with Gasteiger partial charge in [0.1, 0.15) is 17.5 Å². The molecule has 0 aliphatic carbocycles. The van der Waals surface area contributed by atoms with Gasteiger partial charge in [-0.05, 0) is 18.6 Å². The van der Waals surface area contributed by atoms with Gasteiger partial charge in [-0.15, -0.1) is 0 Å². The monoisotopic (exact) mass is 219 g/mol. The largest absolute Gasteiger partial charge is 0.385 e. The topological polar surface area (TPSA) is 75.0 Å². The lowest BCUT2D eigenvalue weighted by Crippen LogP contribution is -2.26. The Balaban J connectivity index is 2.50. The number of nitrogens with one attached hydrogen (secondary N) is 1. The highest BCUT2D eigenvalue weighted by atomic mass is 16.5. The van der Waals surface area contributed by atoms with Crippen LogP contribution in [0.1, 0.15) is 22.6 Å². The number of hydrogen-bond acceptors (Lipinski definition) is 4. The Bertz CT molecular complexity index is 398. The molecule has 1 rings (SSSR count). The van der Waals surface area contributed by atoms with Crippen molar-refractivity contribution >= 4 is 5.91 Å². The molecule has 0 saturated carbocycles. The maximum atomic E-state index is 11.6. The molecule has 1 aromatic heterocycles. The molecule has 1 amide bonds. The summed E-state index contributed by atoms with van der Waals surface area (Å²) >= 11 is 0. The van der Waals surface area contributed by atoms with Crippen LogP contribution in [0.5, 0.6) is 0 Å². The summed E-state index contributed by atoms with van der Waals surface area (Å²) in [5.74, 6) is -0.270. The first-order valence-corrected chi connectivity index (χ1v) is 4.92. The van der Waals surface area contributed by atoms with E-state index < -0.39 is 0 Å². The fourth-order valence-electron chi connectivity index (χ4n) is 1.13. The number of nitrogens with zero attached hydrogens (tertiary/aromatic N) is 2. The average Bonchev–Trinajstić information content (AvgIpc) is 2.34. The minimum atomic E-state index is -0.270. The van der Waals surface area contributed by atoms with Crippen molar-refractivity contribution in [2.45, 2.75) is 6.42 Å². The zero-order valence-corrected chi connectivity index (χ0v) is 9.06. The van der Waals surface area contributed by atoms with Crippen molar-refractivity contribution in [3.05, 3.63) is 29.6 Å². The zero-order chi connectivity index (χ0) is 11.8. The Morgan fingerprint density at radius 3 is 3.12 bits per heavy atom. The van der Waals surface area contributed by atoms with E-state index in [-0.39, 0.29) is 17.3 Å². The van der Waals surface area contributed by atoms with E-state index in [2.05, 4.69) is 10.3 Å². The van der Waals surface area contributed by atoms with Crippen molar-refractivity contribution in [3.8, 4) is 6.07 Å². The Morgan fingerprint density at radius 2 is 2.44 bits per heavy atom. The summed E-state index contributed by atoms with van der Waals surface area (Å²) in [6.07, 6.45) is 0.750. The van der Waals surface area contributed by atoms with Gasteiger partial charge in [-0.2, -0.15) is 5.26 Å². The van der Waals surface area contributed by atoms with Gasteiger partial charge in [0.05, 0.1) is 0 Å². The van der Waals surface area contributed by atoms with Gasteiger partial charge in [0, 0.05) is 20.3 Å². The number of hydrogen-bond donors (Lipinski definition) is 1. The third-order valence-electron chi connectivity index (χ3n) is 1.91. The molecule has 5 heteroatoms. The average molecular weight is 219 g/mol. The molecular formula is C11H13N3O2. The van der Waals surface area contributed by atoms with Gasteiger partial charge in [-0.25, -0.2) is 4.98 Å². The van der Waals surface area contributed by atoms with Crippen LogP contribution in [0.15, 0.2) is 18.2 Å². The van der Waals surface area contributed by atoms with Crippen molar-refractivity contribution in [1.29, 1.82) is 5.26 Å². The molecule has 0 spiro atoms. The van der Waals surface area contributed by atoms with Crippen LogP contribution in [0.4, 0.5) is 0 Å². The number of carbonyl (C=O) groups excluding carboxylic acids is 1. The maximum absolute atomic E-state index is 11.6. The van der Waals surface area contributed by atoms with Crippen LogP contribution in [0.3, 0.4) is 0 Å². The van der Waals surface area contributed by atoms with Crippen LogP contribution in [0.2, 0.25) is 0 Å². The number of nitriles is 1. The number of amides is 1. The summed E-state index contributed by atoms with van der Waals surface area (Å²) in [6.45, 7) is 1.14. The van der Waals surface area contributed by atoms with E-state index in [0.717, 1.165) is 6.42 Å². The second-order valence-electron chi connectivity index (χ2n) is 3.12. The standard InChI is InChI=1S/C11H13N3O2/c1-16-7-3-6-13-11(15)10-5-2-4-9(8-12)14-10/h2,4-5H,3,6-7H2,1H3,(H,13,15). The SMILES string of the molecule is COCCCNC(=O)c1cccc(C#N)n1. The van der Waals surface area contributed by atoms with E-state index in [0.29, 0.717) is 13.2 Å². The Hall–Kier alpha value is -1.93. The molecule has 16 heavy (non-hydrogen) atoms. The predicted octanol–water partition coefficient (Wildman–Crippen LogP) is 0.720. The minimum Gasteiger partial charge on any atom is -0.385 e. The summed E-state index contributed by atoms with van der Waals surface area (Å²) in [5.41, 5.74) is 0.501. The first-order chi connectivity index (χ1) is 7.77. The van der Waals surface area contributed by atoms with Crippen LogP contribution < -0.4 is 5.32 Å². The number of carbonyl (C=O) groups is 1. The lowest BCUT2D eigenvalue weighted by Gasteiger charge is -2.03. The molecule has 1 N–H and O–H groups in total. The van der Waals surface area contributed by atoms with Crippen molar-refractivity contribution in [3.63, 3.8) is 0 Å². The molecule has 0 aliphatic heterocycles. The second kappa shape index (κ2) is 6.53. The summed E-state index contributed by atoms with van der Waals surface area (Å²) in [4.78, 5) is 15.4. The van der Waals surface area contributed by atoms with E-state index in [1.807, 2.05) is 6.07 Å². The van der Waals surface area contributed by atoms with Crippen LogP contribution >= 0.6 is 0 Å². The molecule has 0 unspecified atom stereocenters. The van der Waals surface area contributed by atoms with Crippen molar-refractivity contribution < 1.29 is 9.53 Å². The van der Waals surface area contributed by atoms with Gasteiger partial charge in [-0.3, -0.25) is 4.79 Å². The molecule has 0 fully saturated rings. The van der Waals surface area contributed by atoms with Gasteiger partial charge in [-0.1, -0.05) is 6.07 Å². The molecule has 5 nitrogen and oxygen atoms in total. The third-order valence-corrected chi connectivity index (χ3v) is 1.91. The van der Waals surface area contributed by atoms with E-state index >= 15 is 0 Å². The van der Waals surface area contributed by atoms with E-state index in [1.165, 1.54) is 0 Å². The number of aromatic nitrogens is 1. The highest BCUT2D eigenvalue weighted by Crippen LogP contribution is 1.98. The Morgan fingerprint density at radius 1 is 1.62 bits per heavy atom. The molecule has 0 aliphatic rings. The summed E-state index contributed by atoms with van der Waals surface area (Å²) < 4.78 is 4.86. The molecule has 1 heterocycles. The molecule has 0 aromatic carbocycles. The van der Waals surface area contributed by atoms with Gasteiger partial charge in [0.25, 0.3) is 5.91 Å². The minimum absolute atomic E-state index is 0.240. The molecule has 0 atom stereocenters. The third kappa shape index (κ3) is 3.67. The van der Waals surface area contributed by atoms with Gasteiger partial charge < -0.3 is 10.1 Å². The first-order valence-electron chi connectivity index (χ1n) is 4.92. The normalized spacial score (nSPS) is 9.50. The Labute approximate surface area is 94.1 Å². The van der Waals surface area contributed by atoms with Crippen molar-refractivity contribution in [2.75, 3.05) is 20.3 Å². The quantitative estimate of drug-likeness (QED) is 0.740. The Kier molecular flexibility index (Phi) is 4.96. The molecule has 84 valence electrons. The lowest BCUT2D eigenvalue weighted by atomic mass is 10.3.